The van der Waals surface area contributed by atoms with Crippen molar-refractivity contribution in [3.05, 3.63) is 36.1 Å². The van der Waals surface area contributed by atoms with E-state index in [1.54, 1.807) is 6.26 Å². The number of nitrogens with two attached hydrogens (primary N) is 1. The van der Waals surface area contributed by atoms with E-state index in [4.69, 9.17) is 10.3 Å². The van der Waals surface area contributed by atoms with Gasteiger partial charge < -0.3 is 4.42 Å². The maximum atomic E-state index is 5.21. The molecule has 3 nitrogen and oxygen atoms in total. The molecular weight excluding hydrogens is 154 g/mol. The zero-order chi connectivity index (χ0) is 8.39. The Morgan fingerprint density at radius 2 is 2.25 bits per heavy atom. The predicted octanol–water partition coefficient (Wildman–Crippen LogP) is 1.82. The van der Waals surface area contributed by atoms with Crippen molar-refractivity contribution in [2.75, 3.05) is 0 Å². The van der Waals surface area contributed by atoms with Crippen molar-refractivity contribution in [2.45, 2.75) is 6.61 Å². The minimum Gasteiger partial charge on any atom is -0.464 e. The van der Waals surface area contributed by atoms with Gasteiger partial charge >= 0.3 is 0 Å². The van der Waals surface area contributed by atoms with E-state index in [0.717, 1.165) is 16.5 Å². The van der Waals surface area contributed by atoms with Crippen LogP contribution in [0.2, 0.25) is 0 Å². The Hall–Kier alpha value is -1.32. The fraction of sp³-hybridized carbons (Fsp3) is 0.111. The van der Waals surface area contributed by atoms with Crippen LogP contribution in [-0.2, 0) is 11.4 Å². The fourth-order valence-electron chi connectivity index (χ4n) is 1.19. The van der Waals surface area contributed by atoms with Gasteiger partial charge in [-0.2, -0.15) is 0 Å². The molecule has 0 aliphatic heterocycles. The van der Waals surface area contributed by atoms with Gasteiger partial charge in [-0.25, -0.2) is 5.90 Å². The Morgan fingerprint density at radius 1 is 1.33 bits per heavy atom. The average molecular weight is 163 g/mol. The molecule has 0 aliphatic rings. The lowest BCUT2D eigenvalue weighted by Gasteiger charge is -1.97. The van der Waals surface area contributed by atoms with E-state index in [2.05, 4.69) is 4.84 Å². The van der Waals surface area contributed by atoms with Crippen LogP contribution in [0.4, 0.5) is 0 Å². The number of fused-ring (bicyclic) bond motifs is 1. The topological polar surface area (TPSA) is 48.4 Å². The second kappa shape index (κ2) is 2.97. The van der Waals surface area contributed by atoms with Gasteiger partial charge in [0.05, 0.1) is 12.9 Å². The highest BCUT2D eigenvalue weighted by Crippen LogP contribution is 2.16. The summed E-state index contributed by atoms with van der Waals surface area (Å²) in [4.78, 5) is 4.51. The first-order chi connectivity index (χ1) is 5.90. The van der Waals surface area contributed by atoms with Crippen molar-refractivity contribution in [2.24, 2.45) is 5.90 Å². The number of benzene rings is 1. The first-order valence-electron chi connectivity index (χ1n) is 3.68. The highest BCUT2D eigenvalue weighted by atomic mass is 16.6. The van der Waals surface area contributed by atoms with Gasteiger partial charge in [-0.05, 0) is 17.7 Å². The summed E-state index contributed by atoms with van der Waals surface area (Å²) >= 11 is 0. The monoisotopic (exact) mass is 163 g/mol. The molecule has 0 saturated heterocycles. The summed E-state index contributed by atoms with van der Waals surface area (Å²) in [6.07, 6.45) is 1.66. The van der Waals surface area contributed by atoms with Crippen molar-refractivity contribution in [1.29, 1.82) is 0 Å². The van der Waals surface area contributed by atoms with Crippen molar-refractivity contribution >= 4 is 11.0 Å². The molecule has 1 aromatic heterocycles. The quantitative estimate of drug-likeness (QED) is 0.687. The predicted molar refractivity (Wildman–Crippen MR) is 45.2 cm³/mol. The van der Waals surface area contributed by atoms with Gasteiger partial charge in [0.15, 0.2) is 0 Å². The van der Waals surface area contributed by atoms with E-state index >= 15 is 0 Å². The number of hydrogen-bond donors (Lipinski definition) is 1. The Labute approximate surface area is 69.7 Å². The lowest BCUT2D eigenvalue weighted by atomic mass is 10.2. The van der Waals surface area contributed by atoms with Crippen LogP contribution < -0.4 is 5.90 Å². The van der Waals surface area contributed by atoms with Crippen molar-refractivity contribution in [3.8, 4) is 0 Å². The van der Waals surface area contributed by atoms with Gasteiger partial charge in [0.2, 0.25) is 0 Å². The third-order valence-electron chi connectivity index (χ3n) is 1.77. The van der Waals surface area contributed by atoms with E-state index in [0.29, 0.717) is 6.61 Å². The summed E-state index contributed by atoms with van der Waals surface area (Å²) in [6, 6.07) is 7.78. The normalized spacial score (nSPS) is 10.8. The first kappa shape index (κ1) is 7.34. The molecule has 0 atom stereocenters. The Balaban J connectivity index is 2.46. The Kier molecular flexibility index (Phi) is 1.81. The van der Waals surface area contributed by atoms with Gasteiger partial charge in [0.1, 0.15) is 5.58 Å². The minimum absolute atomic E-state index is 0.413. The van der Waals surface area contributed by atoms with E-state index < -0.39 is 0 Å². The maximum Gasteiger partial charge on any atom is 0.134 e. The minimum atomic E-state index is 0.413. The van der Waals surface area contributed by atoms with Gasteiger partial charge in [-0.1, -0.05) is 12.1 Å². The molecule has 0 bridgehead atoms. The fourth-order valence-corrected chi connectivity index (χ4v) is 1.19. The third-order valence-corrected chi connectivity index (χ3v) is 1.77. The highest BCUT2D eigenvalue weighted by Gasteiger charge is 1.97. The molecule has 1 heterocycles. The SMILES string of the molecule is NOCc1ccc2ccoc2c1. The molecule has 2 N–H and O–H groups in total. The zero-order valence-corrected chi connectivity index (χ0v) is 6.49. The van der Waals surface area contributed by atoms with Gasteiger partial charge in [0, 0.05) is 5.39 Å². The molecule has 3 heteroatoms. The molecule has 2 rings (SSSR count). The van der Waals surface area contributed by atoms with Crippen LogP contribution in [0.25, 0.3) is 11.0 Å². The van der Waals surface area contributed by atoms with Crippen molar-refractivity contribution in [1.82, 2.24) is 0 Å². The summed E-state index contributed by atoms with van der Waals surface area (Å²) < 4.78 is 5.21. The van der Waals surface area contributed by atoms with Crippen molar-refractivity contribution in [3.63, 3.8) is 0 Å². The molecule has 0 spiro atoms. The van der Waals surface area contributed by atoms with E-state index in [9.17, 15) is 0 Å². The van der Waals surface area contributed by atoms with Crippen LogP contribution in [0, 0.1) is 0 Å². The summed E-state index contributed by atoms with van der Waals surface area (Å²) in [5.41, 5.74) is 1.88. The van der Waals surface area contributed by atoms with Crippen LogP contribution in [-0.4, -0.2) is 0 Å². The van der Waals surface area contributed by atoms with E-state index in [1.807, 2.05) is 24.3 Å². The first-order valence-corrected chi connectivity index (χ1v) is 3.68. The molecule has 2 aromatic rings. The summed E-state index contributed by atoms with van der Waals surface area (Å²) in [6.45, 7) is 0.413. The summed E-state index contributed by atoms with van der Waals surface area (Å²) in [5, 5.41) is 1.09. The van der Waals surface area contributed by atoms with Gasteiger partial charge in [0.25, 0.3) is 0 Å². The van der Waals surface area contributed by atoms with Crippen molar-refractivity contribution < 1.29 is 9.25 Å². The van der Waals surface area contributed by atoms with Gasteiger partial charge in [-0.3, -0.25) is 4.84 Å². The lowest BCUT2D eigenvalue weighted by Crippen LogP contribution is -1.98. The smallest absolute Gasteiger partial charge is 0.134 e. The second-order valence-corrected chi connectivity index (χ2v) is 2.60. The highest BCUT2D eigenvalue weighted by molar-refractivity contribution is 5.77. The molecule has 0 saturated carbocycles. The molecule has 0 aliphatic carbocycles. The molecular formula is C9H9NO2. The molecule has 62 valence electrons. The van der Waals surface area contributed by atoms with E-state index in [1.165, 1.54) is 0 Å². The van der Waals surface area contributed by atoms with Crippen LogP contribution in [0.15, 0.2) is 34.9 Å². The van der Waals surface area contributed by atoms with Crippen LogP contribution in [0.5, 0.6) is 0 Å². The Morgan fingerprint density at radius 3 is 3.08 bits per heavy atom. The molecule has 0 radical (unpaired) electrons. The zero-order valence-electron chi connectivity index (χ0n) is 6.49. The number of furan rings is 1. The molecule has 12 heavy (non-hydrogen) atoms. The van der Waals surface area contributed by atoms with Crippen LogP contribution in [0.3, 0.4) is 0 Å². The average Bonchev–Trinajstić information content (AvgIpc) is 2.51. The lowest BCUT2D eigenvalue weighted by molar-refractivity contribution is 0.124. The number of rotatable bonds is 2. The molecule has 0 amide bonds. The molecule has 0 fully saturated rings. The molecule has 0 unspecified atom stereocenters. The third kappa shape index (κ3) is 1.20. The second-order valence-electron chi connectivity index (χ2n) is 2.60. The molecule has 1 aromatic carbocycles. The number of hydrogen-bond acceptors (Lipinski definition) is 3. The largest absolute Gasteiger partial charge is 0.464 e. The van der Waals surface area contributed by atoms with E-state index in [-0.39, 0.29) is 0 Å². The van der Waals surface area contributed by atoms with Gasteiger partial charge in [-0.15, -0.1) is 0 Å². The summed E-state index contributed by atoms with van der Waals surface area (Å²) in [5.74, 6) is 4.95. The maximum absolute atomic E-state index is 5.21. The van der Waals surface area contributed by atoms with Crippen LogP contribution >= 0.6 is 0 Å². The summed E-state index contributed by atoms with van der Waals surface area (Å²) in [7, 11) is 0. The Bertz CT molecular complexity index is 381. The van der Waals surface area contributed by atoms with Crippen LogP contribution in [0.1, 0.15) is 5.56 Å². The standard InChI is InChI=1S/C9H9NO2/c10-12-6-7-1-2-8-3-4-11-9(8)5-7/h1-5H,6,10H2.